The Balaban J connectivity index is 1.30. The summed E-state index contributed by atoms with van der Waals surface area (Å²) in [7, 11) is 0. The second-order valence-electron chi connectivity index (χ2n) is 7.55. The summed E-state index contributed by atoms with van der Waals surface area (Å²) in [5, 5.41) is 8.98. The molecule has 8 heteroatoms. The Hall–Kier alpha value is -2.84. The van der Waals surface area contributed by atoms with Crippen molar-refractivity contribution in [3.8, 4) is 0 Å². The van der Waals surface area contributed by atoms with Gasteiger partial charge >= 0.3 is 0 Å². The van der Waals surface area contributed by atoms with Crippen LogP contribution < -0.4 is 15.9 Å². The molecule has 0 radical (unpaired) electrons. The van der Waals surface area contributed by atoms with Gasteiger partial charge in [0.05, 0.1) is 11.4 Å². The van der Waals surface area contributed by atoms with Crippen LogP contribution in [0.15, 0.2) is 47.0 Å². The minimum Gasteiger partial charge on any atom is -0.354 e. The second kappa shape index (κ2) is 9.11. The number of hydrazine groups is 1. The molecule has 0 aromatic carbocycles. The van der Waals surface area contributed by atoms with Gasteiger partial charge in [0, 0.05) is 57.1 Å². The lowest BCUT2D eigenvalue weighted by molar-refractivity contribution is 0.173. The SMILES string of the molecule is CC(CC1=CCc2nccnc2C=C1)NN1CCCN(c2ccc(=O)[nH]n2)CC1. The third-order valence-electron chi connectivity index (χ3n) is 5.25. The first-order valence-electron chi connectivity index (χ1n) is 10.2. The van der Waals surface area contributed by atoms with Gasteiger partial charge in [0.15, 0.2) is 0 Å². The van der Waals surface area contributed by atoms with Crippen molar-refractivity contribution in [3.63, 3.8) is 0 Å². The minimum atomic E-state index is -0.169. The molecule has 8 nitrogen and oxygen atoms in total. The zero-order valence-corrected chi connectivity index (χ0v) is 16.7. The van der Waals surface area contributed by atoms with E-state index in [1.54, 1.807) is 18.5 Å². The number of nitrogens with zero attached hydrogens (tertiary/aromatic N) is 5. The molecule has 1 fully saturated rings. The van der Waals surface area contributed by atoms with Gasteiger partial charge in [0.2, 0.25) is 0 Å². The quantitative estimate of drug-likeness (QED) is 0.797. The predicted molar refractivity (Wildman–Crippen MR) is 113 cm³/mol. The highest BCUT2D eigenvalue weighted by molar-refractivity contribution is 5.53. The van der Waals surface area contributed by atoms with Gasteiger partial charge in [-0.1, -0.05) is 12.2 Å². The van der Waals surface area contributed by atoms with E-state index in [4.69, 9.17) is 0 Å². The molecular formula is C21H27N7O. The highest BCUT2D eigenvalue weighted by atomic mass is 16.1. The van der Waals surface area contributed by atoms with E-state index in [1.807, 2.05) is 0 Å². The normalized spacial score (nSPS) is 18.5. The van der Waals surface area contributed by atoms with Gasteiger partial charge in [-0.25, -0.2) is 10.1 Å². The molecule has 0 bridgehead atoms. The van der Waals surface area contributed by atoms with E-state index in [0.717, 1.165) is 62.6 Å². The topological polar surface area (TPSA) is 90.0 Å². The zero-order chi connectivity index (χ0) is 20.1. The van der Waals surface area contributed by atoms with Crippen LogP contribution in [0.25, 0.3) is 6.08 Å². The van der Waals surface area contributed by atoms with Crippen molar-refractivity contribution in [3.05, 3.63) is 64.0 Å². The van der Waals surface area contributed by atoms with Crippen LogP contribution in [0.4, 0.5) is 5.82 Å². The number of rotatable bonds is 5. The fourth-order valence-electron chi connectivity index (χ4n) is 3.81. The molecular weight excluding hydrogens is 366 g/mol. The molecule has 2 aromatic heterocycles. The fraction of sp³-hybridized carbons (Fsp3) is 0.429. The van der Waals surface area contributed by atoms with Crippen molar-refractivity contribution in [1.29, 1.82) is 0 Å². The number of hydrogen-bond donors (Lipinski definition) is 2. The molecule has 2 N–H and O–H groups in total. The number of fused-ring (bicyclic) bond motifs is 1. The third-order valence-corrected chi connectivity index (χ3v) is 5.25. The van der Waals surface area contributed by atoms with Crippen molar-refractivity contribution in [1.82, 2.24) is 30.6 Å². The summed E-state index contributed by atoms with van der Waals surface area (Å²) in [6, 6.07) is 3.64. The maximum atomic E-state index is 11.2. The van der Waals surface area contributed by atoms with Gasteiger partial charge in [-0.3, -0.25) is 20.2 Å². The monoisotopic (exact) mass is 393 g/mol. The lowest BCUT2D eigenvalue weighted by Crippen LogP contribution is -2.45. The molecule has 2 aliphatic rings. The third kappa shape index (κ3) is 5.16. The van der Waals surface area contributed by atoms with Crippen LogP contribution in [-0.4, -0.2) is 57.4 Å². The molecule has 0 spiro atoms. The fourth-order valence-corrected chi connectivity index (χ4v) is 3.81. The Labute approximate surface area is 170 Å². The first kappa shape index (κ1) is 19.5. The van der Waals surface area contributed by atoms with Crippen LogP contribution in [0.1, 0.15) is 31.2 Å². The van der Waals surface area contributed by atoms with E-state index in [2.05, 4.69) is 60.7 Å². The lowest BCUT2D eigenvalue weighted by Gasteiger charge is -2.26. The first-order chi connectivity index (χ1) is 14.2. The van der Waals surface area contributed by atoms with Crippen LogP contribution in [0, 0.1) is 0 Å². The van der Waals surface area contributed by atoms with Gasteiger partial charge in [0.1, 0.15) is 5.82 Å². The van der Waals surface area contributed by atoms with Crippen molar-refractivity contribution < 1.29 is 0 Å². The van der Waals surface area contributed by atoms with E-state index in [1.165, 1.54) is 11.6 Å². The molecule has 1 aliphatic carbocycles. The number of hydrogen-bond acceptors (Lipinski definition) is 7. The highest BCUT2D eigenvalue weighted by Gasteiger charge is 2.18. The molecule has 152 valence electrons. The average molecular weight is 393 g/mol. The maximum Gasteiger partial charge on any atom is 0.264 e. The van der Waals surface area contributed by atoms with Crippen LogP contribution in [0.2, 0.25) is 0 Å². The molecule has 3 heterocycles. The van der Waals surface area contributed by atoms with E-state index in [0.29, 0.717) is 6.04 Å². The number of nitrogens with one attached hydrogen (secondary N) is 2. The summed E-state index contributed by atoms with van der Waals surface area (Å²) in [5.41, 5.74) is 6.78. The highest BCUT2D eigenvalue weighted by Crippen LogP contribution is 2.18. The summed E-state index contributed by atoms with van der Waals surface area (Å²) >= 11 is 0. The smallest absolute Gasteiger partial charge is 0.264 e. The average Bonchev–Trinajstić information content (AvgIpc) is 3.08. The molecule has 0 saturated carbocycles. The second-order valence-corrected chi connectivity index (χ2v) is 7.55. The largest absolute Gasteiger partial charge is 0.354 e. The number of aromatic amines is 1. The first-order valence-corrected chi connectivity index (χ1v) is 10.2. The van der Waals surface area contributed by atoms with Crippen LogP contribution in [0.3, 0.4) is 0 Å². The summed E-state index contributed by atoms with van der Waals surface area (Å²) in [4.78, 5) is 22.3. The summed E-state index contributed by atoms with van der Waals surface area (Å²) in [6.45, 7) is 5.90. The van der Waals surface area contributed by atoms with Crippen LogP contribution in [-0.2, 0) is 6.42 Å². The van der Waals surface area contributed by atoms with Gasteiger partial charge in [-0.15, -0.1) is 0 Å². The Morgan fingerprint density at radius 2 is 2.03 bits per heavy atom. The standard InChI is InChI=1S/C21H27N7O/c1-16(15-17-3-5-18-19(6-4-17)23-10-9-22-18)26-28-12-2-11-27(13-14-28)20-7-8-21(29)25-24-20/h3-5,7-10,16,26H,2,6,11-15H2,1H3,(H,25,29). The minimum absolute atomic E-state index is 0.169. The summed E-state index contributed by atoms with van der Waals surface area (Å²) in [5.74, 6) is 0.829. The molecule has 2 aromatic rings. The van der Waals surface area contributed by atoms with Gasteiger partial charge in [-0.05, 0) is 37.5 Å². The van der Waals surface area contributed by atoms with Crippen LogP contribution >= 0.6 is 0 Å². The summed E-state index contributed by atoms with van der Waals surface area (Å²) in [6.07, 6.45) is 12.8. The molecule has 1 saturated heterocycles. The Kier molecular flexibility index (Phi) is 6.12. The van der Waals surface area contributed by atoms with Crippen molar-refractivity contribution in [2.24, 2.45) is 0 Å². The van der Waals surface area contributed by atoms with E-state index < -0.39 is 0 Å². The molecule has 29 heavy (non-hydrogen) atoms. The number of anilines is 1. The van der Waals surface area contributed by atoms with E-state index >= 15 is 0 Å². The zero-order valence-electron chi connectivity index (χ0n) is 16.7. The Morgan fingerprint density at radius 1 is 1.14 bits per heavy atom. The lowest BCUT2D eigenvalue weighted by atomic mass is 10.1. The molecule has 4 rings (SSSR count). The van der Waals surface area contributed by atoms with Crippen LogP contribution in [0.5, 0.6) is 0 Å². The predicted octanol–water partition coefficient (Wildman–Crippen LogP) is 1.55. The summed E-state index contributed by atoms with van der Waals surface area (Å²) < 4.78 is 0. The van der Waals surface area contributed by atoms with Crippen molar-refractivity contribution in [2.45, 2.75) is 32.2 Å². The Morgan fingerprint density at radius 3 is 2.90 bits per heavy atom. The number of aromatic nitrogens is 4. The molecule has 1 atom stereocenters. The molecule has 1 unspecified atom stereocenters. The van der Waals surface area contributed by atoms with Crippen molar-refractivity contribution >= 4 is 11.9 Å². The van der Waals surface area contributed by atoms with Gasteiger partial charge in [0.25, 0.3) is 5.56 Å². The number of H-pyrrole nitrogens is 1. The maximum absolute atomic E-state index is 11.2. The van der Waals surface area contributed by atoms with E-state index in [9.17, 15) is 4.79 Å². The number of allylic oxidation sites excluding steroid dienone is 2. The molecule has 1 aliphatic heterocycles. The Bertz CT molecular complexity index is 932. The molecule has 0 amide bonds. The van der Waals surface area contributed by atoms with E-state index in [-0.39, 0.29) is 5.56 Å². The van der Waals surface area contributed by atoms with Crippen molar-refractivity contribution in [2.75, 3.05) is 31.1 Å². The van der Waals surface area contributed by atoms with Gasteiger partial charge in [-0.2, -0.15) is 5.10 Å². The van der Waals surface area contributed by atoms with Gasteiger partial charge < -0.3 is 4.90 Å².